The number of nitrogens with one attached hydrogen (secondary N) is 1. The molecule has 0 spiro atoms. The van der Waals surface area contributed by atoms with Gasteiger partial charge < -0.3 is 15.2 Å². The van der Waals surface area contributed by atoms with Crippen molar-refractivity contribution in [3.63, 3.8) is 0 Å². The van der Waals surface area contributed by atoms with Crippen molar-refractivity contribution < 1.29 is 9.84 Å². The Balaban J connectivity index is 2.43. The minimum Gasteiger partial charge on any atom is -0.388 e. The van der Waals surface area contributed by atoms with E-state index in [1.807, 2.05) is 0 Å². The van der Waals surface area contributed by atoms with Crippen LogP contribution in [0.1, 0.15) is 46.5 Å². The lowest BCUT2D eigenvalue weighted by atomic mass is 9.82. The molecular formula is C12H25NO2. The van der Waals surface area contributed by atoms with Crippen molar-refractivity contribution in [2.24, 2.45) is 0 Å². The standard InChI is InChI=1S/C12H25NO2/c1-11(2,3)13-9-12(14)7-5-6-10(8-12)15-4/h10,13-14H,5-9H2,1-4H3. The van der Waals surface area contributed by atoms with Crippen LogP contribution in [0.3, 0.4) is 0 Å². The molecule has 1 fully saturated rings. The number of hydrogen-bond donors (Lipinski definition) is 2. The summed E-state index contributed by atoms with van der Waals surface area (Å²) >= 11 is 0. The van der Waals surface area contributed by atoms with Crippen LogP contribution < -0.4 is 5.32 Å². The van der Waals surface area contributed by atoms with E-state index in [9.17, 15) is 5.11 Å². The van der Waals surface area contributed by atoms with Crippen molar-refractivity contribution >= 4 is 0 Å². The molecule has 2 N–H and O–H groups in total. The van der Waals surface area contributed by atoms with Crippen LogP contribution in [0, 0.1) is 0 Å². The second-order valence-corrected chi connectivity index (χ2v) is 5.78. The van der Waals surface area contributed by atoms with E-state index in [0.717, 1.165) is 25.7 Å². The van der Waals surface area contributed by atoms with E-state index in [1.54, 1.807) is 7.11 Å². The average molecular weight is 215 g/mol. The van der Waals surface area contributed by atoms with Crippen molar-refractivity contribution in [3.8, 4) is 0 Å². The van der Waals surface area contributed by atoms with Gasteiger partial charge in [0.05, 0.1) is 11.7 Å². The lowest BCUT2D eigenvalue weighted by Gasteiger charge is -2.38. The van der Waals surface area contributed by atoms with Gasteiger partial charge in [0.2, 0.25) is 0 Å². The molecule has 15 heavy (non-hydrogen) atoms. The Hall–Kier alpha value is -0.120. The van der Waals surface area contributed by atoms with Gasteiger partial charge in [-0.25, -0.2) is 0 Å². The van der Waals surface area contributed by atoms with Gasteiger partial charge in [0, 0.05) is 25.6 Å². The zero-order valence-electron chi connectivity index (χ0n) is 10.5. The summed E-state index contributed by atoms with van der Waals surface area (Å²) in [6, 6.07) is 0. The Kier molecular flexibility index (Phi) is 4.15. The summed E-state index contributed by atoms with van der Waals surface area (Å²) in [5.41, 5.74) is -0.512. The van der Waals surface area contributed by atoms with Gasteiger partial charge in [0.15, 0.2) is 0 Å². The first-order valence-corrected chi connectivity index (χ1v) is 5.85. The molecule has 0 aromatic rings. The maximum atomic E-state index is 10.4. The summed E-state index contributed by atoms with van der Waals surface area (Å²) < 4.78 is 5.33. The molecule has 2 unspecified atom stereocenters. The minimum atomic E-state index is -0.577. The van der Waals surface area contributed by atoms with Crippen LogP contribution >= 0.6 is 0 Å². The van der Waals surface area contributed by atoms with E-state index in [4.69, 9.17) is 4.74 Å². The van der Waals surface area contributed by atoms with Crippen LogP contribution in [-0.2, 0) is 4.74 Å². The van der Waals surface area contributed by atoms with E-state index in [1.165, 1.54) is 0 Å². The molecule has 0 saturated heterocycles. The smallest absolute Gasteiger partial charge is 0.0796 e. The van der Waals surface area contributed by atoms with Gasteiger partial charge in [-0.15, -0.1) is 0 Å². The van der Waals surface area contributed by atoms with Crippen LogP contribution in [0.25, 0.3) is 0 Å². The Morgan fingerprint density at radius 3 is 2.67 bits per heavy atom. The second kappa shape index (κ2) is 4.81. The van der Waals surface area contributed by atoms with Gasteiger partial charge in [-0.3, -0.25) is 0 Å². The molecule has 0 bridgehead atoms. The molecule has 0 aromatic heterocycles. The average Bonchev–Trinajstić information content (AvgIpc) is 2.14. The first kappa shape index (κ1) is 12.9. The highest BCUT2D eigenvalue weighted by Gasteiger charge is 2.34. The molecule has 1 saturated carbocycles. The first-order valence-electron chi connectivity index (χ1n) is 5.85. The summed E-state index contributed by atoms with van der Waals surface area (Å²) in [7, 11) is 1.73. The van der Waals surface area contributed by atoms with Crippen LogP contribution in [0.2, 0.25) is 0 Å². The normalized spacial score (nSPS) is 33.0. The van der Waals surface area contributed by atoms with Gasteiger partial charge in [-0.1, -0.05) is 0 Å². The maximum Gasteiger partial charge on any atom is 0.0796 e. The fourth-order valence-electron chi connectivity index (χ4n) is 2.08. The number of rotatable bonds is 3. The maximum absolute atomic E-state index is 10.4. The monoisotopic (exact) mass is 215 g/mol. The Bertz CT molecular complexity index is 200. The van der Waals surface area contributed by atoms with E-state index >= 15 is 0 Å². The Morgan fingerprint density at radius 1 is 1.47 bits per heavy atom. The first-order chi connectivity index (χ1) is 6.85. The third kappa shape index (κ3) is 4.49. The highest BCUT2D eigenvalue weighted by atomic mass is 16.5. The van der Waals surface area contributed by atoms with Crippen LogP contribution in [-0.4, -0.2) is 36.0 Å². The summed E-state index contributed by atoms with van der Waals surface area (Å²) in [4.78, 5) is 0. The van der Waals surface area contributed by atoms with Gasteiger partial charge in [-0.05, 0) is 40.0 Å². The lowest BCUT2D eigenvalue weighted by molar-refractivity contribution is -0.0597. The quantitative estimate of drug-likeness (QED) is 0.753. The summed E-state index contributed by atoms with van der Waals surface area (Å²) in [6.07, 6.45) is 4.00. The summed E-state index contributed by atoms with van der Waals surface area (Å²) in [5, 5.41) is 13.8. The van der Waals surface area contributed by atoms with Crippen molar-refractivity contribution in [1.82, 2.24) is 5.32 Å². The number of β-amino-alcohol motifs (C(OH)–C–C–N with tert-alkyl or cyclic N) is 1. The van der Waals surface area contributed by atoms with Gasteiger partial charge in [0.25, 0.3) is 0 Å². The fourth-order valence-corrected chi connectivity index (χ4v) is 2.08. The lowest BCUT2D eigenvalue weighted by Crippen LogP contribution is -2.50. The largest absolute Gasteiger partial charge is 0.388 e. The predicted octanol–water partition coefficient (Wildman–Crippen LogP) is 1.69. The van der Waals surface area contributed by atoms with Gasteiger partial charge in [-0.2, -0.15) is 0 Å². The summed E-state index contributed by atoms with van der Waals surface area (Å²) in [5.74, 6) is 0. The van der Waals surface area contributed by atoms with E-state index in [2.05, 4.69) is 26.1 Å². The highest BCUT2D eigenvalue weighted by Crippen LogP contribution is 2.29. The predicted molar refractivity (Wildman–Crippen MR) is 62.0 cm³/mol. The van der Waals surface area contributed by atoms with Gasteiger partial charge >= 0.3 is 0 Å². The molecule has 3 heteroatoms. The molecule has 1 aliphatic carbocycles. The number of ether oxygens (including phenoxy) is 1. The molecule has 0 amide bonds. The molecule has 3 nitrogen and oxygen atoms in total. The second-order valence-electron chi connectivity index (χ2n) is 5.78. The number of methoxy groups -OCH3 is 1. The Labute approximate surface area is 93.2 Å². The van der Waals surface area contributed by atoms with Crippen molar-refractivity contribution in [3.05, 3.63) is 0 Å². The van der Waals surface area contributed by atoms with Crippen molar-refractivity contribution in [2.75, 3.05) is 13.7 Å². The molecule has 2 atom stereocenters. The van der Waals surface area contributed by atoms with E-state index in [-0.39, 0.29) is 11.6 Å². The Morgan fingerprint density at radius 2 is 2.13 bits per heavy atom. The molecule has 0 aliphatic heterocycles. The molecule has 90 valence electrons. The third-order valence-corrected chi connectivity index (χ3v) is 3.06. The minimum absolute atomic E-state index is 0.0652. The zero-order valence-corrected chi connectivity index (χ0v) is 10.5. The van der Waals surface area contributed by atoms with Crippen LogP contribution in [0.5, 0.6) is 0 Å². The molecule has 0 aromatic carbocycles. The van der Waals surface area contributed by atoms with Crippen molar-refractivity contribution in [2.45, 2.75) is 63.7 Å². The highest BCUT2D eigenvalue weighted by molar-refractivity contribution is 4.90. The fraction of sp³-hybridized carbons (Fsp3) is 1.00. The van der Waals surface area contributed by atoms with Gasteiger partial charge in [0.1, 0.15) is 0 Å². The molecule has 1 rings (SSSR count). The summed E-state index contributed by atoms with van der Waals surface area (Å²) in [6.45, 7) is 7.02. The molecular weight excluding hydrogens is 190 g/mol. The zero-order chi connectivity index (χ0) is 11.5. The third-order valence-electron chi connectivity index (χ3n) is 3.06. The van der Waals surface area contributed by atoms with Crippen molar-refractivity contribution in [1.29, 1.82) is 0 Å². The van der Waals surface area contributed by atoms with Crippen LogP contribution in [0.15, 0.2) is 0 Å². The molecule has 0 heterocycles. The molecule has 0 radical (unpaired) electrons. The SMILES string of the molecule is COC1CCCC(O)(CNC(C)(C)C)C1. The van der Waals surface area contributed by atoms with E-state index < -0.39 is 5.60 Å². The van der Waals surface area contributed by atoms with Crippen LogP contribution in [0.4, 0.5) is 0 Å². The topological polar surface area (TPSA) is 41.5 Å². The molecule has 1 aliphatic rings. The van der Waals surface area contributed by atoms with E-state index in [0.29, 0.717) is 6.54 Å². The number of aliphatic hydroxyl groups is 1. The number of hydrogen-bond acceptors (Lipinski definition) is 3.